The van der Waals surface area contributed by atoms with Crippen molar-refractivity contribution in [3.05, 3.63) is 12.4 Å². The highest BCUT2D eigenvalue weighted by Gasteiger charge is 2.39. The first-order valence-electron chi connectivity index (χ1n) is 6.53. The zero-order valence-electron chi connectivity index (χ0n) is 10.7. The third-order valence-electron chi connectivity index (χ3n) is 3.74. The Morgan fingerprint density at radius 3 is 2.95 bits per heavy atom. The summed E-state index contributed by atoms with van der Waals surface area (Å²) in [5.74, 6) is -0.955. The van der Waals surface area contributed by atoms with Crippen LogP contribution in [0.15, 0.2) is 12.4 Å². The van der Waals surface area contributed by atoms with Crippen molar-refractivity contribution in [2.75, 3.05) is 6.61 Å². The molecule has 8 heteroatoms. The van der Waals surface area contributed by atoms with Crippen molar-refractivity contribution in [1.29, 1.82) is 0 Å². The lowest BCUT2D eigenvalue weighted by Gasteiger charge is -2.33. The Morgan fingerprint density at radius 1 is 1.55 bits per heavy atom. The normalized spacial score (nSPS) is 32.5. The van der Waals surface area contributed by atoms with Crippen molar-refractivity contribution >= 4 is 11.9 Å². The molecule has 0 aromatic carbocycles. The van der Waals surface area contributed by atoms with Gasteiger partial charge in [0.05, 0.1) is 24.6 Å². The van der Waals surface area contributed by atoms with Crippen LogP contribution in [0.5, 0.6) is 0 Å². The first-order valence-corrected chi connectivity index (χ1v) is 6.53. The molecular weight excluding hydrogens is 266 g/mol. The van der Waals surface area contributed by atoms with Crippen LogP contribution in [0.4, 0.5) is 0 Å². The minimum Gasteiger partial charge on any atom is -0.461 e. The Morgan fingerprint density at radius 2 is 2.35 bits per heavy atom. The third-order valence-corrected chi connectivity index (χ3v) is 3.74. The first-order chi connectivity index (χ1) is 9.63. The van der Waals surface area contributed by atoms with Crippen molar-refractivity contribution in [2.45, 2.75) is 37.5 Å². The standard InChI is InChI=1S/C12H15N3O5/c16-9-5-11(17)20-10(9)6-19-12(18)7-3-8(4-7)15-2-1-13-14-15/h1-2,7-10,16H,3-6H2/t7?,8?,9-,10+/m0/s1. The summed E-state index contributed by atoms with van der Waals surface area (Å²) in [4.78, 5) is 22.7. The molecule has 1 aromatic rings. The van der Waals surface area contributed by atoms with Gasteiger partial charge in [-0.3, -0.25) is 9.59 Å². The van der Waals surface area contributed by atoms with Gasteiger partial charge in [0, 0.05) is 6.20 Å². The minimum absolute atomic E-state index is 0.0416. The second-order valence-corrected chi connectivity index (χ2v) is 5.14. The van der Waals surface area contributed by atoms with E-state index in [-0.39, 0.29) is 31.0 Å². The third kappa shape index (κ3) is 2.51. The van der Waals surface area contributed by atoms with Gasteiger partial charge in [-0.2, -0.15) is 0 Å². The molecule has 1 aromatic heterocycles. The highest BCUT2D eigenvalue weighted by atomic mass is 16.6. The van der Waals surface area contributed by atoms with Crippen molar-refractivity contribution in [3.63, 3.8) is 0 Å². The summed E-state index contributed by atoms with van der Waals surface area (Å²) in [6.07, 6.45) is 3.02. The lowest BCUT2D eigenvalue weighted by atomic mass is 9.80. The SMILES string of the molecule is O=C1C[C@H](O)[C@@H](COC(=O)C2CC(n3ccnn3)C2)O1. The van der Waals surface area contributed by atoms with E-state index in [9.17, 15) is 14.7 Å². The van der Waals surface area contributed by atoms with Crippen LogP contribution in [-0.2, 0) is 19.1 Å². The summed E-state index contributed by atoms with van der Waals surface area (Å²) in [7, 11) is 0. The Labute approximate surface area is 114 Å². The van der Waals surface area contributed by atoms with E-state index in [1.54, 1.807) is 17.1 Å². The molecule has 2 fully saturated rings. The zero-order valence-corrected chi connectivity index (χ0v) is 10.7. The maximum absolute atomic E-state index is 11.8. The molecule has 0 spiro atoms. The number of esters is 2. The first kappa shape index (κ1) is 13.0. The molecular formula is C12H15N3O5. The van der Waals surface area contributed by atoms with Crippen LogP contribution in [0.25, 0.3) is 0 Å². The minimum atomic E-state index is -0.889. The average Bonchev–Trinajstić information content (AvgIpc) is 2.95. The molecule has 8 nitrogen and oxygen atoms in total. The molecule has 1 saturated carbocycles. The predicted octanol–water partition coefficient (Wildman–Crippen LogP) is -0.551. The monoisotopic (exact) mass is 281 g/mol. The number of aliphatic hydroxyl groups excluding tert-OH is 1. The number of carbonyl (C=O) groups is 2. The van der Waals surface area contributed by atoms with Gasteiger partial charge in [-0.05, 0) is 12.8 Å². The number of aromatic nitrogens is 3. The molecule has 1 aliphatic heterocycles. The van der Waals surface area contributed by atoms with Gasteiger partial charge in [0.2, 0.25) is 0 Å². The second-order valence-electron chi connectivity index (χ2n) is 5.14. The molecule has 20 heavy (non-hydrogen) atoms. The van der Waals surface area contributed by atoms with Crippen LogP contribution in [0.1, 0.15) is 25.3 Å². The highest BCUT2D eigenvalue weighted by molar-refractivity contribution is 5.74. The van der Waals surface area contributed by atoms with Gasteiger partial charge in [-0.15, -0.1) is 5.10 Å². The summed E-state index contributed by atoms with van der Waals surface area (Å²) in [5, 5.41) is 17.1. The Hall–Kier alpha value is -1.96. The maximum Gasteiger partial charge on any atom is 0.309 e. The van der Waals surface area contributed by atoms with E-state index >= 15 is 0 Å². The topological polar surface area (TPSA) is 104 Å². The van der Waals surface area contributed by atoms with Crippen molar-refractivity contribution in [3.8, 4) is 0 Å². The molecule has 108 valence electrons. The zero-order chi connectivity index (χ0) is 14.1. The van der Waals surface area contributed by atoms with E-state index in [1.165, 1.54) is 0 Å². The maximum atomic E-state index is 11.8. The fourth-order valence-electron chi connectivity index (χ4n) is 2.43. The number of aliphatic hydroxyl groups is 1. The Bertz CT molecular complexity index is 497. The van der Waals surface area contributed by atoms with Crippen molar-refractivity contribution in [1.82, 2.24) is 15.0 Å². The number of ether oxygens (including phenoxy) is 2. The van der Waals surface area contributed by atoms with Crippen LogP contribution in [0.2, 0.25) is 0 Å². The molecule has 1 aliphatic carbocycles. The summed E-state index contributed by atoms with van der Waals surface area (Å²) < 4.78 is 11.7. The molecule has 1 N–H and O–H groups in total. The fraction of sp³-hybridized carbons (Fsp3) is 0.667. The van der Waals surface area contributed by atoms with Gasteiger partial charge in [0.15, 0.2) is 6.10 Å². The molecule has 0 radical (unpaired) electrons. The lowest BCUT2D eigenvalue weighted by Crippen LogP contribution is -2.36. The lowest BCUT2D eigenvalue weighted by molar-refractivity contribution is -0.161. The van der Waals surface area contributed by atoms with Crippen LogP contribution in [-0.4, -0.2) is 50.9 Å². The second kappa shape index (κ2) is 5.20. The quantitative estimate of drug-likeness (QED) is 0.738. The van der Waals surface area contributed by atoms with Gasteiger partial charge >= 0.3 is 11.9 Å². The van der Waals surface area contributed by atoms with Gasteiger partial charge in [0.1, 0.15) is 12.7 Å². The molecule has 3 rings (SSSR count). The Kier molecular flexibility index (Phi) is 3.39. The molecule has 0 bridgehead atoms. The van der Waals surface area contributed by atoms with E-state index in [0.29, 0.717) is 12.8 Å². The van der Waals surface area contributed by atoms with Gasteiger partial charge in [-0.25, -0.2) is 4.68 Å². The molecule has 2 atom stereocenters. The number of cyclic esters (lactones) is 1. The van der Waals surface area contributed by atoms with Gasteiger partial charge < -0.3 is 14.6 Å². The van der Waals surface area contributed by atoms with E-state index in [2.05, 4.69) is 10.3 Å². The van der Waals surface area contributed by atoms with Crippen LogP contribution in [0.3, 0.4) is 0 Å². The molecule has 0 amide bonds. The smallest absolute Gasteiger partial charge is 0.309 e. The highest BCUT2D eigenvalue weighted by Crippen LogP contribution is 2.37. The largest absolute Gasteiger partial charge is 0.461 e. The number of hydrogen-bond acceptors (Lipinski definition) is 7. The number of rotatable bonds is 4. The van der Waals surface area contributed by atoms with Crippen LogP contribution in [0, 0.1) is 5.92 Å². The van der Waals surface area contributed by atoms with Crippen LogP contribution >= 0.6 is 0 Å². The molecule has 2 aliphatic rings. The van der Waals surface area contributed by atoms with E-state index in [0.717, 1.165) is 0 Å². The van der Waals surface area contributed by atoms with Crippen LogP contribution < -0.4 is 0 Å². The molecule has 2 heterocycles. The van der Waals surface area contributed by atoms with Crippen molar-refractivity contribution < 1.29 is 24.2 Å². The number of hydrogen-bond donors (Lipinski definition) is 1. The van der Waals surface area contributed by atoms with Gasteiger partial charge in [0.25, 0.3) is 0 Å². The molecule has 1 saturated heterocycles. The summed E-state index contributed by atoms with van der Waals surface area (Å²) >= 11 is 0. The summed E-state index contributed by atoms with van der Waals surface area (Å²) in [6.45, 7) is -0.0871. The van der Waals surface area contributed by atoms with E-state index in [1.807, 2.05) is 0 Å². The fourth-order valence-corrected chi connectivity index (χ4v) is 2.43. The van der Waals surface area contributed by atoms with E-state index in [4.69, 9.17) is 9.47 Å². The number of carbonyl (C=O) groups excluding carboxylic acids is 2. The van der Waals surface area contributed by atoms with Crippen molar-refractivity contribution in [2.24, 2.45) is 5.92 Å². The Balaban J connectivity index is 1.42. The summed E-state index contributed by atoms with van der Waals surface area (Å²) in [6, 6.07) is 0.185. The molecule has 0 unspecified atom stereocenters. The number of nitrogens with zero attached hydrogens (tertiary/aromatic N) is 3. The van der Waals surface area contributed by atoms with E-state index < -0.39 is 18.2 Å². The average molecular weight is 281 g/mol. The predicted molar refractivity (Wildman–Crippen MR) is 63.2 cm³/mol. The van der Waals surface area contributed by atoms with Gasteiger partial charge in [-0.1, -0.05) is 5.21 Å². The summed E-state index contributed by atoms with van der Waals surface area (Å²) in [5.41, 5.74) is 0.